The number of rotatable bonds is 7. The Morgan fingerprint density at radius 1 is 1.06 bits per heavy atom. The molecule has 0 aliphatic carbocycles. The standard InChI is InChI=1S/C25H22N2O5/c1-3-31-25(28)24-23(18-10-9-16(2)22(13-18)27(29)30)20-14-19(11-12-21(20)26-24)32-15-17-7-5-4-6-8-17/h4-14,26H,3,15H2,1-2H3. The second kappa shape index (κ2) is 8.93. The van der Waals surface area contributed by atoms with Crippen LogP contribution in [0, 0.1) is 17.0 Å². The minimum absolute atomic E-state index is 0.0110. The molecule has 0 spiro atoms. The van der Waals surface area contributed by atoms with Crippen molar-refractivity contribution in [3.8, 4) is 16.9 Å². The summed E-state index contributed by atoms with van der Waals surface area (Å²) in [5, 5.41) is 12.2. The van der Waals surface area contributed by atoms with E-state index in [0.29, 0.717) is 34.6 Å². The van der Waals surface area contributed by atoms with Crippen molar-refractivity contribution in [3.63, 3.8) is 0 Å². The first-order valence-corrected chi connectivity index (χ1v) is 10.2. The number of nitro benzene ring substituents is 1. The Balaban J connectivity index is 1.82. The number of benzene rings is 3. The molecule has 0 aliphatic heterocycles. The van der Waals surface area contributed by atoms with Crippen LogP contribution in [0.3, 0.4) is 0 Å². The van der Waals surface area contributed by atoms with E-state index in [2.05, 4.69) is 4.98 Å². The molecule has 0 radical (unpaired) electrons. The number of H-pyrrole nitrogens is 1. The lowest BCUT2D eigenvalue weighted by molar-refractivity contribution is -0.385. The molecule has 0 atom stereocenters. The second-order valence-electron chi connectivity index (χ2n) is 7.34. The maximum atomic E-state index is 12.7. The number of nitrogens with one attached hydrogen (secondary N) is 1. The number of nitro groups is 1. The van der Waals surface area contributed by atoms with Crippen molar-refractivity contribution >= 4 is 22.6 Å². The van der Waals surface area contributed by atoms with E-state index in [1.807, 2.05) is 48.5 Å². The van der Waals surface area contributed by atoms with Crippen LogP contribution in [0.1, 0.15) is 28.5 Å². The zero-order valence-electron chi connectivity index (χ0n) is 17.8. The van der Waals surface area contributed by atoms with E-state index in [9.17, 15) is 14.9 Å². The summed E-state index contributed by atoms with van der Waals surface area (Å²) in [6.45, 7) is 4.02. The number of aromatic nitrogens is 1. The number of ether oxygens (including phenoxy) is 2. The van der Waals surface area contributed by atoms with Crippen molar-refractivity contribution in [2.75, 3.05) is 6.61 Å². The topological polar surface area (TPSA) is 94.5 Å². The largest absolute Gasteiger partial charge is 0.489 e. The molecule has 3 aromatic carbocycles. The molecule has 0 unspecified atom stereocenters. The lowest BCUT2D eigenvalue weighted by atomic mass is 9.99. The van der Waals surface area contributed by atoms with E-state index in [1.165, 1.54) is 6.07 Å². The van der Waals surface area contributed by atoms with Crippen molar-refractivity contribution in [2.45, 2.75) is 20.5 Å². The molecule has 0 amide bonds. The van der Waals surface area contributed by atoms with Crippen LogP contribution in [-0.4, -0.2) is 22.5 Å². The molecule has 1 N–H and O–H groups in total. The van der Waals surface area contributed by atoms with Gasteiger partial charge in [-0.05, 0) is 43.2 Å². The molecular formula is C25H22N2O5. The molecule has 0 saturated carbocycles. The van der Waals surface area contributed by atoms with Crippen LogP contribution in [0.5, 0.6) is 5.75 Å². The van der Waals surface area contributed by atoms with E-state index in [4.69, 9.17) is 9.47 Å². The minimum Gasteiger partial charge on any atom is -0.489 e. The monoisotopic (exact) mass is 430 g/mol. The summed E-state index contributed by atoms with van der Waals surface area (Å²) in [5.74, 6) is 0.104. The Morgan fingerprint density at radius 2 is 1.84 bits per heavy atom. The zero-order chi connectivity index (χ0) is 22.7. The van der Waals surface area contributed by atoms with Gasteiger partial charge in [0.2, 0.25) is 0 Å². The average molecular weight is 430 g/mol. The number of aromatic amines is 1. The first kappa shape index (κ1) is 21.1. The van der Waals surface area contributed by atoms with E-state index in [-0.39, 0.29) is 18.0 Å². The van der Waals surface area contributed by atoms with Crippen LogP contribution in [0.15, 0.2) is 66.7 Å². The van der Waals surface area contributed by atoms with Gasteiger partial charge in [0.05, 0.1) is 11.5 Å². The Labute approximate surface area is 184 Å². The minimum atomic E-state index is -0.520. The predicted molar refractivity (Wildman–Crippen MR) is 122 cm³/mol. The summed E-state index contributed by atoms with van der Waals surface area (Å²) in [7, 11) is 0. The zero-order valence-corrected chi connectivity index (χ0v) is 17.8. The van der Waals surface area contributed by atoms with Gasteiger partial charge in [0.25, 0.3) is 5.69 Å². The molecule has 0 saturated heterocycles. The fourth-order valence-electron chi connectivity index (χ4n) is 3.62. The fraction of sp³-hybridized carbons (Fsp3) is 0.160. The second-order valence-corrected chi connectivity index (χ2v) is 7.34. The molecule has 0 aliphatic rings. The van der Waals surface area contributed by atoms with Gasteiger partial charge in [0.1, 0.15) is 18.1 Å². The molecule has 32 heavy (non-hydrogen) atoms. The first-order chi connectivity index (χ1) is 15.5. The van der Waals surface area contributed by atoms with Crippen molar-refractivity contribution in [1.82, 2.24) is 4.98 Å². The number of esters is 1. The van der Waals surface area contributed by atoms with Gasteiger partial charge >= 0.3 is 5.97 Å². The summed E-state index contributed by atoms with van der Waals surface area (Å²) in [6.07, 6.45) is 0. The summed E-state index contributed by atoms with van der Waals surface area (Å²) >= 11 is 0. The van der Waals surface area contributed by atoms with Crippen molar-refractivity contribution in [3.05, 3.63) is 93.7 Å². The highest BCUT2D eigenvalue weighted by molar-refractivity contribution is 6.08. The first-order valence-electron chi connectivity index (χ1n) is 10.2. The number of nitrogens with zero attached hydrogens (tertiary/aromatic N) is 1. The summed E-state index contributed by atoms with van der Waals surface area (Å²) in [6, 6.07) is 20.2. The number of carbonyl (C=O) groups excluding carboxylic acids is 1. The molecule has 0 fully saturated rings. The van der Waals surface area contributed by atoms with Gasteiger partial charge in [0, 0.05) is 28.1 Å². The van der Waals surface area contributed by atoms with Crippen LogP contribution >= 0.6 is 0 Å². The predicted octanol–water partition coefficient (Wildman–Crippen LogP) is 5.81. The third-order valence-corrected chi connectivity index (χ3v) is 5.19. The highest BCUT2D eigenvalue weighted by Crippen LogP contribution is 2.37. The quantitative estimate of drug-likeness (QED) is 0.227. The van der Waals surface area contributed by atoms with Crippen molar-refractivity contribution in [2.24, 2.45) is 0 Å². The molecule has 0 bridgehead atoms. The van der Waals surface area contributed by atoms with E-state index in [1.54, 1.807) is 26.0 Å². The molecule has 4 aromatic rings. The third-order valence-electron chi connectivity index (χ3n) is 5.19. The normalized spacial score (nSPS) is 10.8. The van der Waals surface area contributed by atoms with Crippen LogP contribution in [-0.2, 0) is 11.3 Å². The maximum Gasteiger partial charge on any atom is 0.355 e. The molecule has 7 heteroatoms. The molecule has 4 rings (SSSR count). The van der Waals surface area contributed by atoms with Gasteiger partial charge in [0.15, 0.2) is 0 Å². The summed E-state index contributed by atoms with van der Waals surface area (Å²) < 4.78 is 11.2. The average Bonchev–Trinajstić information content (AvgIpc) is 3.18. The lowest BCUT2D eigenvalue weighted by Crippen LogP contribution is -2.06. The van der Waals surface area contributed by atoms with E-state index >= 15 is 0 Å². The van der Waals surface area contributed by atoms with Gasteiger partial charge in [-0.25, -0.2) is 4.79 Å². The Morgan fingerprint density at radius 3 is 2.56 bits per heavy atom. The van der Waals surface area contributed by atoms with E-state index < -0.39 is 10.9 Å². The van der Waals surface area contributed by atoms with Crippen LogP contribution < -0.4 is 4.74 Å². The number of hydrogen-bond donors (Lipinski definition) is 1. The van der Waals surface area contributed by atoms with Gasteiger partial charge in [-0.2, -0.15) is 0 Å². The van der Waals surface area contributed by atoms with Gasteiger partial charge in [-0.3, -0.25) is 10.1 Å². The molecule has 1 heterocycles. The Kier molecular flexibility index (Phi) is 5.89. The number of hydrogen-bond acceptors (Lipinski definition) is 5. The highest BCUT2D eigenvalue weighted by atomic mass is 16.6. The SMILES string of the molecule is CCOC(=O)c1[nH]c2ccc(OCc3ccccc3)cc2c1-c1ccc(C)c([N+](=O)[O-])c1. The highest BCUT2D eigenvalue weighted by Gasteiger charge is 2.23. The maximum absolute atomic E-state index is 12.7. The fourth-order valence-corrected chi connectivity index (χ4v) is 3.62. The van der Waals surface area contributed by atoms with Crippen LogP contribution in [0.4, 0.5) is 5.69 Å². The van der Waals surface area contributed by atoms with Crippen molar-refractivity contribution < 1.29 is 19.2 Å². The van der Waals surface area contributed by atoms with Crippen LogP contribution in [0.25, 0.3) is 22.0 Å². The number of aryl methyl sites for hydroxylation is 1. The van der Waals surface area contributed by atoms with Crippen LogP contribution in [0.2, 0.25) is 0 Å². The van der Waals surface area contributed by atoms with Gasteiger partial charge in [-0.15, -0.1) is 0 Å². The Bertz CT molecular complexity index is 1290. The summed E-state index contributed by atoms with van der Waals surface area (Å²) in [4.78, 5) is 26.8. The van der Waals surface area contributed by atoms with E-state index in [0.717, 1.165) is 10.9 Å². The summed E-state index contributed by atoms with van der Waals surface area (Å²) in [5.41, 5.74) is 3.62. The van der Waals surface area contributed by atoms with Crippen molar-refractivity contribution in [1.29, 1.82) is 0 Å². The van der Waals surface area contributed by atoms with Gasteiger partial charge in [-0.1, -0.05) is 42.5 Å². The smallest absolute Gasteiger partial charge is 0.355 e. The molecule has 7 nitrogen and oxygen atoms in total. The lowest BCUT2D eigenvalue weighted by Gasteiger charge is -2.08. The molecule has 162 valence electrons. The molecular weight excluding hydrogens is 408 g/mol. The molecule has 1 aromatic heterocycles. The number of carbonyl (C=O) groups is 1. The number of fused-ring (bicyclic) bond motifs is 1. The third kappa shape index (κ3) is 4.18. The van der Waals surface area contributed by atoms with Gasteiger partial charge < -0.3 is 14.5 Å². The Hall–Kier alpha value is -4.13.